The fourth-order valence-electron chi connectivity index (χ4n) is 1.97. The number of carbonyl (C=O) groups is 1. The minimum absolute atomic E-state index is 0.230. The van der Waals surface area contributed by atoms with Crippen LogP contribution in [-0.2, 0) is 5.72 Å². The molecule has 3 rings (SSSR count). The van der Waals surface area contributed by atoms with Crippen LogP contribution in [0.15, 0.2) is 41.8 Å². The highest BCUT2D eigenvalue weighted by Gasteiger charge is 2.43. The molecule has 80 valence electrons. The van der Waals surface area contributed by atoms with E-state index in [4.69, 9.17) is 0 Å². The molecule has 0 spiro atoms. The molecule has 1 aliphatic heterocycles. The van der Waals surface area contributed by atoms with Crippen LogP contribution in [0.3, 0.4) is 0 Å². The maximum absolute atomic E-state index is 11.7. The first-order valence-electron chi connectivity index (χ1n) is 4.90. The summed E-state index contributed by atoms with van der Waals surface area (Å²) in [5.41, 5.74) is -0.192. The van der Waals surface area contributed by atoms with E-state index in [0.29, 0.717) is 11.1 Å². The molecule has 2 aromatic rings. The minimum atomic E-state index is -1.36. The van der Waals surface area contributed by atoms with Crippen molar-refractivity contribution in [1.29, 1.82) is 0 Å². The summed E-state index contributed by atoms with van der Waals surface area (Å²) in [6.07, 6.45) is 0. The van der Waals surface area contributed by atoms with E-state index >= 15 is 0 Å². The Morgan fingerprint density at radius 3 is 2.75 bits per heavy atom. The van der Waals surface area contributed by atoms with Gasteiger partial charge in [0.2, 0.25) is 5.72 Å². The van der Waals surface area contributed by atoms with E-state index in [1.807, 2.05) is 23.6 Å². The van der Waals surface area contributed by atoms with Crippen LogP contribution in [0.2, 0.25) is 0 Å². The molecule has 4 heteroatoms. The summed E-state index contributed by atoms with van der Waals surface area (Å²) in [6, 6.07) is 10.8. The largest absolute Gasteiger partial charge is 0.363 e. The number of fused-ring (bicyclic) bond motifs is 1. The summed E-state index contributed by atoms with van der Waals surface area (Å²) < 4.78 is 0. The number of thiophene rings is 1. The number of nitrogens with one attached hydrogen (secondary N) is 1. The summed E-state index contributed by atoms with van der Waals surface area (Å²) in [4.78, 5) is 12.4. The fraction of sp³-hybridized carbons (Fsp3) is 0.0833. The van der Waals surface area contributed by atoms with Crippen molar-refractivity contribution < 1.29 is 9.90 Å². The number of carbonyl (C=O) groups excluding carboxylic acids is 1. The van der Waals surface area contributed by atoms with Crippen molar-refractivity contribution >= 4 is 17.2 Å². The highest BCUT2D eigenvalue weighted by molar-refractivity contribution is 7.10. The Labute approximate surface area is 96.4 Å². The van der Waals surface area contributed by atoms with Gasteiger partial charge in [-0.05, 0) is 17.5 Å². The molecule has 0 bridgehead atoms. The van der Waals surface area contributed by atoms with Crippen LogP contribution in [0, 0.1) is 0 Å². The molecule has 0 saturated heterocycles. The maximum Gasteiger partial charge on any atom is 0.254 e. The van der Waals surface area contributed by atoms with Crippen molar-refractivity contribution in [3.8, 4) is 0 Å². The lowest BCUT2D eigenvalue weighted by Crippen LogP contribution is -2.39. The zero-order valence-electron chi connectivity index (χ0n) is 8.31. The molecule has 1 amide bonds. The van der Waals surface area contributed by atoms with E-state index in [1.165, 1.54) is 11.3 Å². The predicted octanol–water partition coefficient (Wildman–Crippen LogP) is 1.68. The van der Waals surface area contributed by atoms with Gasteiger partial charge in [0, 0.05) is 11.1 Å². The average Bonchev–Trinajstić information content (AvgIpc) is 2.89. The fourth-order valence-corrected chi connectivity index (χ4v) is 2.77. The second-order valence-electron chi connectivity index (χ2n) is 3.69. The van der Waals surface area contributed by atoms with Crippen LogP contribution in [-0.4, -0.2) is 11.0 Å². The molecule has 16 heavy (non-hydrogen) atoms. The smallest absolute Gasteiger partial charge is 0.254 e. The van der Waals surface area contributed by atoms with Crippen molar-refractivity contribution in [1.82, 2.24) is 5.32 Å². The number of amides is 1. The Bertz CT molecular complexity index is 550. The molecule has 0 fully saturated rings. The Kier molecular flexibility index (Phi) is 1.89. The molecule has 3 nitrogen and oxygen atoms in total. The summed E-state index contributed by atoms with van der Waals surface area (Å²) in [5, 5.41) is 15.1. The minimum Gasteiger partial charge on any atom is -0.363 e. The third-order valence-corrected chi connectivity index (χ3v) is 3.71. The van der Waals surface area contributed by atoms with Crippen LogP contribution < -0.4 is 5.32 Å². The Balaban J connectivity index is 2.23. The van der Waals surface area contributed by atoms with Gasteiger partial charge in [-0.1, -0.05) is 24.3 Å². The number of hydrogen-bond acceptors (Lipinski definition) is 3. The zero-order valence-corrected chi connectivity index (χ0v) is 9.12. The molecular formula is C12H9NO2S. The quantitative estimate of drug-likeness (QED) is 0.784. The predicted molar refractivity (Wildman–Crippen MR) is 61.2 cm³/mol. The van der Waals surface area contributed by atoms with Gasteiger partial charge < -0.3 is 10.4 Å². The number of aliphatic hydroxyl groups is 1. The molecule has 1 atom stereocenters. The van der Waals surface area contributed by atoms with Crippen molar-refractivity contribution in [2.45, 2.75) is 5.72 Å². The van der Waals surface area contributed by atoms with Gasteiger partial charge in [0.1, 0.15) is 0 Å². The molecule has 1 aromatic heterocycles. The third-order valence-electron chi connectivity index (χ3n) is 2.73. The van der Waals surface area contributed by atoms with E-state index in [2.05, 4.69) is 5.32 Å². The van der Waals surface area contributed by atoms with Crippen LogP contribution in [0.1, 0.15) is 20.8 Å². The van der Waals surface area contributed by atoms with Gasteiger partial charge in [-0.3, -0.25) is 4.79 Å². The van der Waals surface area contributed by atoms with E-state index in [-0.39, 0.29) is 5.91 Å². The summed E-state index contributed by atoms with van der Waals surface area (Å²) in [7, 11) is 0. The van der Waals surface area contributed by atoms with Gasteiger partial charge in [-0.2, -0.15) is 0 Å². The van der Waals surface area contributed by atoms with Gasteiger partial charge in [0.25, 0.3) is 5.91 Å². The number of hydrogen-bond donors (Lipinski definition) is 2. The average molecular weight is 231 g/mol. The first-order chi connectivity index (χ1) is 7.72. The highest BCUT2D eigenvalue weighted by atomic mass is 32.1. The molecule has 1 unspecified atom stereocenters. The van der Waals surface area contributed by atoms with E-state index in [9.17, 15) is 9.90 Å². The molecule has 1 aliphatic rings. The lowest BCUT2D eigenvalue weighted by Gasteiger charge is -2.22. The molecule has 1 aromatic carbocycles. The Morgan fingerprint density at radius 2 is 2.00 bits per heavy atom. The van der Waals surface area contributed by atoms with Crippen molar-refractivity contribution in [3.05, 3.63) is 57.8 Å². The van der Waals surface area contributed by atoms with Gasteiger partial charge in [0.05, 0.1) is 4.88 Å². The van der Waals surface area contributed by atoms with Crippen LogP contribution in [0.4, 0.5) is 0 Å². The summed E-state index contributed by atoms with van der Waals surface area (Å²) in [5.74, 6) is -0.230. The van der Waals surface area contributed by atoms with Crippen LogP contribution in [0.25, 0.3) is 0 Å². The highest BCUT2D eigenvalue weighted by Crippen LogP contribution is 2.36. The second-order valence-corrected chi connectivity index (χ2v) is 4.64. The third kappa shape index (κ3) is 1.14. The maximum atomic E-state index is 11.7. The van der Waals surface area contributed by atoms with Crippen LogP contribution >= 0.6 is 11.3 Å². The number of rotatable bonds is 1. The monoisotopic (exact) mass is 231 g/mol. The molecule has 2 heterocycles. The Hall–Kier alpha value is -1.65. The van der Waals surface area contributed by atoms with E-state index in [1.54, 1.807) is 18.2 Å². The van der Waals surface area contributed by atoms with Crippen molar-refractivity contribution in [2.75, 3.05) is 0 Å². The molecule has 0 radical (unpaired) electrons. The second kappa shape index (κ2) is 3.17. The lowest BCUT2D eigenvalue weighted by molar-refractivity contribution is 0.0502. The van der Waals surface area contributed by atoms with E-state index < -0.39 is 5.72 Å². The standard InChI is InChI=1S/C12H9NO2S/c14-11-8-4-1-2-5-9(8)12(15,13-11)10-6-3-7-16-10/h1-7,15H,(H,13,14). The zero-order chi connectivity index (χ0) is 11.2. The first-order valence-corrected chi connectivity index (χ1v) is 5.78. The SMILES string of the molecule is O=C1NC(O)(c2cccs2)c2ccccc21. The normalized spacial score (nSPS) is 22.9. The van der Waals surface area contributed by atoms with Gasteiger partial charge in [0.15, 0.2) is 0 Å². The summed E-state index contributed by atoms with van der Waals surface area (Å²) >= 11 is 1.42. The Morgan fingerprint density at radius 1 is 1.19 bits per heavy atom. The van der Waals surface area contributed by atoms with Crippen molar-refractivity contribution in [3.63, 3.8) is 0 Å². The summed E-state index contributed by atoms with van der Waals surface area (Å²) in [6.45, 7) is 0. The van der Waals surface area contributed by atoms with Gasteiger partial charge >= 0.3 is 0 Å². The molecule has 2 N–H and O–H groups in total. The topological polar surface area (TPSA) is 49.3 Å². The number of benzene rings is 1. The lowest BCUT2D eigenvalue weighted by atomic mass is 10.0. The molecule has 0 aliphatic carbocycles. The first kappa shape index (κ1) is 9.57. The van der Waals surface area contributed by atoms with Crippen molar-refractivity contribution in [2.24, 2.45) is 0 Å². The van der Waals surface area contributed by atoms with Gasteiger partial charge in [-0.15, -0.1) is 11.3 Å². The van der Waals surface area contributed by atoms with Crippen LogP contribution in [0.5, 0.6) is 0 Å². The van der Waals surface area contributed by atoms with E-state index in [0.717, 1.165) is 4.88 Å². The molecule has 0 saturated carbocycles. The molecular weight excluding hydrogens is 222 g/mol. The van der Waals surface area contributed by atoms with Gasteiger partial charge in [-0.25, -0.2) is 0 Å².